The SMILES string of the molecule is NC(CCSCCO)=NO. The van der Waals surface area contributed by atoms with Crippen LogP contribution in [0.15, 0.2) is 5.16 Å². The zero-order valence-corrected chi connectivity index (χ0v) is 6.47. The summed E-state index contributed by atoms with van der Waals surface area (Å²) in [5.41, 5.74) is 5.18. The average molecular weight is 164 g/mol. The molecule has 0 aromatic rings. The molecular formula is C5H12N2O2S. The summed E-state index contributed by atoms with van der Waals surface area (Å²) >= 11 is 1.57. The molecule has 0 heterocycles. The quantitative estimate of drug-likeness (QED) is 0.173. The zero-order chi connectivity index (χ0) is 7.82. The minimum absolute atomic E-state index is 0.181. The van der Waals surface area contributed by atoms with E-state index >= 15 is 0 Å². The molecule has 0 unspecified atom stereocenters. The van der Waals surface area contributed by atoms with Crippen molar-refractivity contribution in [3.05, 3.63) is 0 Å². The molecule has 4 nitrogen and oxygen atoms in total. The molecule has 0 saturated carbocycles. The first kappa shape index (κ1) is 9.58. The van der Waals surface area contributed by atoms with E-state index in [0.717, 1.165) is 5.75 Å². The Morgan fingerprint density at radius 2 is 2.20 bits per heavy atom. The maximum atomic E-state index is 8.36. The Bertz CT molecular complexity index is 108. The summed E-state index contributed by atoms with van der Waals surface area (Å²) in [6, 6.07) is 0. The van der Waals surface area contributed by atoms with E-state index in [4.69, 9.17) is 16.0 Å². The summed E-state index contributed by atoms with van der Waals surface area (Å²) in [6.45, 7) is 0.181. The largest absolute Gasteiger partial charge is 0.409 e. The Morgan fingerprint density at radius 3 is 2.70 bits per heavy atom. The first-order valence-corrected chi connectivity index (χ1v) is 4.11. The van der Waals surface area contributed by atoms with E-state index in [2.05, 4.69) is 5.16 Å². The highest BCUT2D eigenvalue weighted by molar-refractivity contribution is 7.99. The van der Waals surface area contributed by atoms with Gasteiger partial charge in [-0.05, 0) is 0 Å². The van der Waals surface area contributed by atoms with E-state index in [1.54, 1.807) is 11.8 Å². The van der Waals surface area contributed by atoms with Crippen LogP contribution >= 0.6 is 11.8 Å². The van der Waals surface area contributed by atoms with Crippen molar-refractivity contribution in [2.75, 3.05) is 18.1 Å². The molecule has 0 amide bonds. The molecule has 4 N–H and O–H groups in total. The second-order valence-corrected chi connectivity index (χ2v) is 2.90. The van der Waals surface area contributed by atoms with E-state index in [-0.39, 0.29) is 12.4 Å². The molecule has 10 heavy (non-hydrogen) atoms. The smallest absolute Gasteiger partial charge is 0.139 e. The maximum absolute atomic E-state index is 8.36. The molecule has 0 aromatic carbocycles. The van der Waals surface area contributed by atoms with Crippen LogP contribution in [0.3, 0.4) is 0 Å². The molecule has 0 saturated heterocycles. The Hall–Kier alpha value is -0.420. The minimum Gasteiger partial charge on any atom is -0.409 e. The predicted molar refractivity (Wildman–Crippen MR) is 42.4 cm³/mol. The van der Waals surface area contributed by atoms with Crippen molar-refractivity contribution >= 4 is 17.6 Å². The van der Waals surface area contributed by atoms with Crippen LogP contribution in [0.1, 0.15) is 6.42 Å². The molecule has 0 aliphatic heterocycles. The van der Waals surface area contributed by atoms with Gasteiger partial charge in [0.05, 0.1) is 6.61 Å². The minimum atomic E-state index is 0.181. The zero-order valence-electron chi connectivity index (χ0n) is 5.66. The number of hydrogen-bond donors (Lipinski definition) is 3. The van der Waals surface area contributed by atoms with Gasteiger partial charge in [-0.2, -0.15) is 11.8 Å². The second kappa shape index (κ2) is 6.70. The van der Waals surface area contributed by atoms with E-state index < -0.39 is 0 Å². The first-order chi connectivity index (χ1) is 4.81. The number of aliphatic hydroxyl groups excluding tert-OH is 1. The monoisotopic (exact) mass is 164 g/mol. The number of nitrogens with zero attached hydrogens (tertiary/aromatic N) is 1. The van der Waals surface area contributed by atoms with Gasteiger partial charge in [0.1, 0.15) is 5.84 Å². The normalized spacial score (nSPS) is 11.9. The fourth-order valence-electron chi connectivity index (χ4n) is 0.393. The van der Waals surface area contributed by atoms with Crippen molar-refractivity contribution in [3.8, 4) is 0 Å². The fraction of sp³-hybridized carbons (Fsp3) is 0.800. The Morgan fingerprint density at radius 1 is 1.50 bits per heavy atom. The Balaban J connectivity index is 3.04. The van der Waals surface area contributed by atoms with Crippen LogP contribution < -0.4 is 5.73 Å². The van der Waals surface area contributed by atoms with E-state index in [9.17, 15) is 0 Å². The number of aliphatic hydroxyl groups is 1. The maximum Gasteiger partial charge on any atom is 0.139 e. The first-order valence-electron chi connectivity index (χ1n) is 2.96. The van der Waals surface area contributed by atoms with Crippen molar-refractivity contribution in [1.82, 2.24) is 0 Å². The van der Waals surface area contributed by atoms with Gasteiger partial charge < -0.3 is 16.0 Å². The molecule has 0 radical (unpaired) electrons. The van der Waals surface area contributed by atoms with Crippen LogP contribution in [0.5, 0.6) is 0 Å². The topological polar surface area (TPSA) is 78.8 Å². The highest BCUT2D eigenvalue weighted by Gasteiger charge is 1.92. The molecule has 60 valence electrons. The summed E-state index contributed by atoms with van der Waals surface area (Å²) in [6.07, 6.45) is 0.571. The molecule has 5 heteroatoms. The molecule has 0 bridgehead atoms. The second-order valence-electron chi connectivity index (χ2n) is 1.68. The van der Waals surface area contributed by atoms with Gasteiger partial charge in [-0.1, -0.05) is 5.16 Å². The lowest BCUT2D eigenvalue weighted by Gasteiger charge is -1.96. The van der Waals surface area contributed by atoms with Gasteiger partial charge in [0, 0.05) is 17.9 Å². The van der Waals surface area contributed by atoms with E-state index in [1.807, 2.05) is 0 Å². The van der Waals surface area contributed by atoms with Gasteiger partial charge in [0.25, 0.3) is 0 Å². The summed E-state index contributed by atoms with van der Waals surface area (Å²) < 4.78 is 0. The number of hydrogen-bond acceptors (Lipinski definition) is 4. The van der Waals surface area contributed by atoms with Crippen LogP contribution in [0.25, 0.3) is 0 Å². The molecular weight excluding hydrogens is 152 g/mol. The third kappa shape index (κ3) is 5.71. The molecule has 0 aliphatic carbocycles. The molecule has 0 aliphatic rings. The van der Waals surface area contributed by atoms with Crippen LogP contribution in [-0.2, 0) is 0 Å². The van der Waals surface area contributed by atoms with Crippen molar-refractivity contribution in [3.63, 3.8) is 0 Å². The summed E-state index contributed by atoms with van der Waals surface area (Å²) in [7, 11) is 0. The number of thioether (sulfide) groups is 1. The number of nitrogens with two attached hydrogens (primary N) is 1. The molecule has 0 atom stereocenters. The highest BCUT2D eigenvalue weighted by Crippen LogP contribution is 2.00. The lowest BCUT2D eigenvalue weighted by atomic mass is 10.5. The number of amidine groups is 1. The standard InChI is InChI=1S/C5H12N2O2S/c6-5(7-9)1-3-10-4-2-8/h8-9H,1-4H2,(H2,6,7). The lowest BCUT2D eigenvalue weighted by molar-refractivity contribution is 0.317. The third-order valence-corrected chi connectivity index (χ3v) is 1.83. The van der Waals surface area contributed by atoms with Crippen molar-refractivity contribution < 1.29 is 10.3 Å². The summed E-state index contributed by atoms with van der Waals surface area (Å²) in [4.78, 5) is 0. The van der Waals surface area contributed by atoms with Crippen LogP contribution in [0.4, 0.5) is 0 Å². The molecule has 0 rings (SSSR count). The predicted octanol–water partition coefficient (Wildman–Crippen LogP) is -0.152. The summed E-state index contributed by atoms with van der Waals surface area (Å²) in [5.74, 6) is 1.74. The number of rotatable bonds is 5. The van der Waals surface area contributed by atoms with Gasteiger partial charge >= 0.3 is 0 Å². The van der Waals surface area contributed by atoms with E-state index in [1.165, 1.54) is 0 Å². The van der Waals surface area contributed by atoms with Gasteiger partial charge in [0.15, 0.2) is 0 Å². The van der Waals surface area contributed by atoms with Crippen LogP contribution in [-0.4, -0.2) is 34.3 Å². The van der Waals surface area contributed by atoms with Gasteiger partial charge in [-0.15, -0.1) is 0 Å². The average Bonchev–Trinajstić information content (AvgIpc) is 1.98. The van der Waals surface area contributed by atoms with Gasteiger partial charge in [0.2, 0.25) is 0 Å². The molecule has 0 aromatic heterocycles. The summed E-state index contributed by atoms with van der Waals surface area (Å²) in [5, 5.41) is 19.3. The van der Waals surface area contributed by atoms with Gasteiger partial charge in [-0.3, -0.25) is 0 Å². The lowest BCUT2D eigenvalue weighted by Crippen LogP contribution is -2.12. The van der Waals surface area contributed by atoms with E-state index in [0.29, 0.717) is 12.2 Å². The van der Waals surface area contributed by atoms with Crippen molar-refractivity contribution in [2.24, 2.45) is 10.9 Å². The fourth-order valence-corrected chi connectivity index (χ4v) is 1.08. The Labute approximate surface area is 64.1 Å². The third-order valence-electron chi connectivity index (χ3n) is 0.867. The molecule has 0 spiro atoms. The highest BCUT2D eigenvalue weighted by atomic mass is 32.2. The van der Waals surface area contributed by atoms with Crippen LogP contribution in [0.2, 0.25) is 0 Å². The Kier molecular flexibility index (Phi) is 6.42. The van der Waals surface area contributed by atoms with Gasteiger partial charge in [-0.25, -0.2) is 0 Å². The van der Waals surface area contributed by atoms with Crippen LogP contribution in [0, 0.1) is 0 Å². The van der Waals surface area contributed by atoms with Crippen molar-refractivity contribution in [2.45, 2.75) is 6.42 Å². The number of oxime groups is 1. The molecule has 0 fully saturated rings. The van der Waals surface area contributed by atoms with Crippen molar-refractivity contribution in [1.29, 1.82) is 0 Å².